The van der Waals surface area contributed by atoms with Crippen LogP contribution in [0.2, 0.25) is 0 Å². The average molecular weight is 296 g/mol. The van der Waals surface area contributed by atoms with E-state index in [2.05, 4.69) is 19.1 Å². The van der Waals surface area contributed by atoms with Crippen molar-refractivity contribution in [3.8, 4) is 0 Å². The summed E-state index contributed by atoms with van der Waals surface area (Å²) in [7, 11) is 0. The molecule has 0 spiro atoms. The maximum absolute atomic E-state index is 12.3. The molecule has 0 aromatic rings. The molecule has 2 aliphatic carbocycles. The lowest BCUT2D eigenvalue weighted by atomic mass is 9.69. The highest BCUT2D eigenvalue weighted by Crippen LogP contribution is 2.42. The van der Waals surface area contributed by atoms with Crippen molar-refractivity contribution < 1.29 is 8.78 Å². The van der Waals surface area contributed by atoms with Crippen molar-refractivity contribution in [1.82, 2.24) is 0 Å². The average Bonchev–Trinajstić information content (AvgIpc) is 2.49. The van der Waals surface area contributed by atoms with Gasteiger partial charge in [-0.15, -0.1) is 0 Å². The van der Waals surface area contributed by atoms with Crippen LogP contribution in [0.4, 0.5) is 8.78 Å². The van der Waals surface area contributed by atoms with Crippen molar-refractivity contribution in [2.75, 3.05) is 0 Å². The smallest absolute Gasteiger partial charge is 0.174 e. The van der Waals surface area contributed by atoms with E-state index >= 15 is 0 Å². The Morgan fingerprint density at radius 3 is 2.00 bits per heavy atom. The molecule has 0 unspecified atom stereocenters. The summed E-state index contributed by atoms with van der Waals surface area (Å²) in [4.78, 5) is 0. The molecule has 0 aromatic carbocycles. The molecule has 2 fully saturated rings. The predicted octanol–water partition coefficient (Wildman–Crippen LogP) is 6.74. The highest BCUT2D eigenvalue weighted by Gasteiger charge is 2.30. The van der Waals surface area contributed by atoms with Gasteiger partial charge < -0.3 is 0 Å². The van der Waals surface area contributed by atoms with Gasteiger partial charge in [-0.2, -0.15) is 8.78 Å². The molecule has 2 heteroatoms. The van der Waals surface area contributed by atoms with Gasteiger partial charge in [-0.05, 0) is 88.0 Å². The van der Waals surface area contributed by atoms with E-state index in [1.807, 2.05) is 0 Å². The topological polar surface area (TPSA) is 0 Å². The van der Waals surface area contributed by atoms with Gasteiger partial charge in [0.05, 0.1) is 0 Å². The third-order valence-corrected chi connectivity index (χ3v) is 5.71. The summed E-state index contributed by atoms with van der Waals surface area (Å²) in [5, 5.41) is 0. The van der Waals surface area contributed by atoms with Gasteiger partial charge in [0, 0.05) is 0 Å². The lowest BCUT2D eigenvalue weighted by Gasteiger charge is -2.37. The highest BCUT2D eigenvalue weighted by molar-refractivity contribution is 4.92. The van der Waals surface area contributed by atoms with Gasteiger partial charge in [-0.3, -0.25) is 0 Å². The van der Waals surface area contributed by atoms with Crippen molar-refractivity contribution >= 4 is 0 Å². The van der Waals surface area contributed by atoms with Gasteiger partial charge >= 0.3 is 0 Å². The molecule has 0 nitrogen and oxygen atoms in total. The number of hydrogen-bond donors (Lipinski definition) is 0. The van der Waals surface area contributed by atoms with Gasteiger partial charge in [-0.1, -0.05) is 25.0 Å². The molecule has 0 aromatic heterocycles. The van der Waals surface area contributed by atoms with Crippen molar-refractivity contribution in [2.24, 2.45) is 23.7 Å². The molecule has 0 aliphatic heterocycles. The number of hydrogen-bond acceptors (Lipinski definition) is 0. The minimum atomic E-state index is -1.49. The zero-order valence-electron chi connectivity index (χ0n) is 13.4. The molecule has 0 atom stereocenters. The van der Waals surface area contributed by atoms with Crippen molar-refractivity contribution in [1.29, 1.82) is 0 Å². The van der Waals surface area contributed by atoms with Crippen LogP contribution in [0.25, 0.3) is 0 Å². The molecule has 2 aliphatic rings. The maximum atomic E-state index is 12.3. The second-order valence-electron chi connectivity index (χ2n) is 7.06. The number of rotatable bonds is 5. The van der Waals surface area contributed by atoms with Crippen LogP contribution in [-0.2, 0) is 0 Å². The molecule has 120 valence electrons. The van der Waals surface area contributed by atoms with Gasteiger partial charge in [0.15, 0.2) is 0 Å². The lowest BCUT2D eigenvalue weighted by molar-refractivity contribution is 0.152. The Labute approximate surface area is 128 Å². The summed E-state index contributed by atoms with van der Waals surface area (Å²) < 4.78 is 24.6. The van der Waals surface area contributed by atoms with E-state index in [1.165, 1.54) is 57.4 Å². The number of allylic oxidation sites excluding steroid dienone is 3. The Morgan fingerprint density at radius 1 is 0.905 bits per heavy atom. The van der Waals surface area contributed by atoms with E-state index in [1.54, 1.807) is 0 Å². The highest BCUT2D eigenvalue weighted by atomic mass is 19.3. The molecule has 0 radical (unpaired) electrons. The first kappa shape index (κ1) is 16.7. The van der Waals surface area contributed by atoms with Crippen LogP contribution < -0.4 is 0 Å². The summed E-state index contributed by atoms with van der Waals surface area (Å²) in [6.45, 7) is 2.09. The Hall–Kier alpha value is -0.660. The fourth-order valence-corrected chi connectivity index (χ4v) is 4.41. The Morgan fingerprint density at radius 2 is 1.48 bits per heavy atom. The molecule has 0 bridgehead atoms. The zero-order valence-corrected chi connectivity index (χ0v) is 13.4. The second-order valence-corrected chi connectivity index (χ2v) is 7.06. The van der Waals surface area contributed by atoms with Crippen LogP contribution in [0, 0.1) is 23.7 Å². The Balaban J connectivity index is 1.68. The summed E-state index contributed by atoms with van der Waals surface area (Å²) in [5.41, 5.74) is 0. The van der Waals surface area contributed by atoms with Crippen LogP contribution in [0.5, 0.6) is 0 Å². The Kier molecular flexibility index (Phi) is 6.92. The summed E-state index contributed by atoms with van der Waals surface area (Å²) >= 11 is 0. The molecule has 2 rings (SSSR count). The van der Waals surface area contributed by atoms with Gasteiger partial charge in [0.25, 0.3) is 6.08 Å². The molecule has 0 N–H and O–H groups in total. The van der Waals surface area contributed by atoms with E-state index in [0.717, 1.165) is 30.6 Å². The van der Waals surface area contributed by atoms with E-state index < -0.39 is 6.08 Å². The van der Waals surface area contributed by atoms with Crippen LogP contribution >= 0.6 is 0 Å². The zero-order chi connectivity index (χ0) is 15.1. The quantitative estimate of drug-likeness (QED) is 0.493. The molecule has 0 heterocycles. The third kappa shape index (κ3) is 5.56. The van der Waals surface area contributed by atoms with E-state index in [9.17, 15) is 8.78 Å². The fraction of sp³-hybridized carbons (Fsp3) is 0.789. The molecular formula is C19H30F2. The standard InChI is InChI=1S/C19H30F2/c1-2-3-4-5-15-6-10-17(11-7-15)18-12-8-16(9-13-18)14-19(20)21/h2-3,14-18H,4-13H2,1H3. The van der Waals surface area contributed by atoms with Gasteiger partial charge in [-0.25, -0.2) is 0 Å². The first-order valence-corrected chi connectivity index (χ1v) is 8.83. The third-order valence-electron chi connectivity index (χ3n) is 5.71. The largest absolute Gasteiger partial charge is 0.266 e. The molecular weight excluding hydrogens is 266 g/mol. The summed E-state index contributed by atoms with van der Waals surface area (Å²) in [6, 6.07) is 0. The van der Waals surface area contributed by atoms with Gasteiger partial charge in [0.1, 0.15) is 0 Å². The van der Waals surface area contributed by atoms with E-state index in [4.69, 9.17) is 0 Å². The second kappa shape index (κ2) is 8.70. The Bertz CT molecular complexity index is 339. The molecule has 21 heavy (non-hydrogen) atoms. The molecule has 2 saturated carbocycles. The minimum absolute atomic E-state index is 0.142. The normalized spacial score (nSPS) is 34.0. The molecule has 0 amide bonds. The SMILES string of the molecule is CC=CCCC1CCC(C2CCC(C=C(F)F)CC2)CC1. The monoisotopic (exact) mass is 296 g/mol. The van der Waals surface area contributed by atoms with Crippen LogP contribution in [-0.4, -0.2) is 0 Å². The van der Waals surface area contributed by atoms with Crippen molar-refractivity contribution in [3.63, 3.8) is 0 Å². The van der Waals surface area contributed by atoms with Crippen LogP contribution in [0.15, 0.2) is 24.3 Å². The lowest BCUT2D eigenvalue weighted by Crippen LogP contribution is -2.25. The summed E-state index contributed by atoms with van der Waals surface area (Å²) in [5.74, 6) is 2.76. The fourth-order valence-electron chi connectivity index (χ4n) is 4.41. The van der Waals surface area contributed by atoms with Crippen molar-refractivity contribution in [2.45, 2.75) is 71.1 Å². The summed E-state index contributed by atoms with van der Waals surface area (Å²) in [6.07, 6.45) is 16.5. The number of halogens is 2. The van der Waals surface area contributed by atoms with Crippen LogP contribution in [0.3, 0.4) is 0 Å². The van der Waals surface area contributed by atoms with Crippen molar-refractivity contribution in [3.05, 3.63) is 24.3 Å². The predicted molar refractivity (Wildman–Crippen MR) is 85.2 cm³/mol. The minimum Gasteiger partial charge on any atom is -0.174 e. The van der Waals surface area contributed by atoms with E-state index in [-0.39, 0.29) is 5.92 Å². The maximum Gasteiger partial charge on any atom is 0.266 e. The van der Waals surface area contributed by atoms with E-state index in [0.29, 0.717) is 0 Å². The first-order chi connectivity index (χ1) is 10.2. The molecule has 0 saturated heterocycles. The van der Waals surface area contributed by atoms with Gasteiger partial charge in [0.2, 0.25) is 0 Å². The van der Waals surface area contributed by atoms with Crippen LogP contribution in [0.1, 0.15) is 71.1 Å². The first-order valence-electron chi connectivity index (χ1n) is 8.83.